The zero-order chi connectivity index (χ0) is 11.4. The summed E-state index contributed by atoms with van der Waals surface area (Å²) in [6.45, 7) is 2.20. The zero-order valence-electron chi connectivity index (χ0n) is 8.84. The molecule has 0 atom stereocenters. The molecule has 4 heteroatoms. The molecule has 0 spiro atoms. The van der Waals surface area contributed by atoms with Gasteiger partial charge in [0.15, 0.2) is 0 Å². The summed E-state index contributed by atoms with van der Waals surface area (Å²) in [5.41, 5.74) is 2.01. The minimum absolute atomic E-state index is 0.261. The molecule has 0 saturated heterocycles. The highest BCUT2D eigenvalue weighted by Gasteiger charge is 2.10. The van der Waals surface area contributed by atoms with E-state index in [4.69, 9.17) is 4.74 Å². The van der Waals surface area contributed by atoms with Gasteiger partial charge in [-0.15, -0.1) is 11.3 Å². The number of rotatable bonds is 3. The van der Waals surface area contributed by atoms with E-state index in [2.05, 4.69) is 4.98 Å². The summed E-state index contributed by atoms with van der Waals surface area (Å²) >= 11 is 1.39. The molecule has 16 heavy (non-hydrogen) atoms. The third-order valence-electron chi connectivity index (χ3n) is 2.07. The Morgan fingerprint density at radius 2 is 2.38 bits per heavy atom. The maximum absolute atomic E-state index is 11.5. The summed E-state index contributed by atoms with van der Waals surface area (Å²) < 4.78 is 4.93. The van der Waals surface area contributed by atoms with Crippen molar-refractivity contribution in [2.24, 2.45) is 0 Å². The van der Waals surface area contributed by atoms with Gasteiger partial charge in [-0.25, -0.2) is 4.79 Å². The van der Waals surface area contributed by atoms with E-state index in [1.807, 2.05) is 23.6 Å². The quantitative estimate of drug-likeness (QED) is 0.765. The number of aromatic nitrogens is 1. The van der Waals surface area contributed by atoms with Gasteiger partial charge >= 0.3 is 5.97 Å². The van der Waals surface area contributed by atoms with Gasteiger partial charge in [0, 0.05) is 18.0 Å². The topological polar surface area (TPSA) is 39.2 Å². The fraction of sp³-hybridized carbons (Fsp3) is 0.167. The van der Waals surface area contributed by atoms with Gasteiger partial charge in [-0.3, -0.25) is 4.98 Å². The van der Waals surface area contributed by atoms with Crippen molar-refractivity contribution in [2.75, 3.05) is 6.61 Å². The van der Waals surface area contributed by atoms with E-state index in [-0.39, 0.29) is 5.97 Å². The molecule has 2 aromatic rings. The first-order valence-corrected chi connectivity index (χ1v) is 5.85. The van der Waals surface area contributed by atoms with Crippen molar-refractivity contribution in [1.29, 1.82) is 0 Å². The highest BCUT2D eigenvalue weighted by Crippen LogP contribution is 2.25. The van der Waals surface area contributed by atoms with Crippen molar-refractivity contribution in [3.63, 3.8) is 0 Å². The molecular weight excluding hydrogens is 222 g/mol. The largest absolute Gasteiger partial charge is 0.462 e. The zero-order valence-corrected chi connectivity index (χ0v) is 9.66. The lowest BCUT2D eigenvalue weighted by molar-refractivity contribution is 0.0532. The van der Waals surface area contributed by atoms with E-state index < -0.39 is 0 Å². The third kappa shape index (κ3) is 2.28. The minimum Gasteiger partial charge on any atom is -0.462 e. The van der Waals surface area contributed by atoms with Crippen LogP contribution in [0.3, 0.4) is 0 Å². The van der Waals surface area contributed by atoms with Crippen molar-refractivity contribution in [3.05, 3.63) is 40.8 Å². The number of nitrogens with zero attached hydrogens (tertiary/aromatic N) is 1. The Kier molecular flexibility index (Phi) is 3.31. The summed E-state index contributed by atoms with van der Waals surface area (Å²) in [5, 5.41) is 1.93. The highest BCUT2D eigenvalue weighted by molar-refractivity contribution is 7.12. The van der Waals surface area contributed by atoms with Gasteiger partial charge in [0.1, 0.15) is 4.88 Å². The third-order valence-corrected chi connectivity index (χ3v) is 2.98. The normalized spacial score (nSPS) is 10.1. The molecule has 0 radical (unpaired) electrons. The number of esters is 1. The van der Waals surface area contributed by atoms with Crippen LogP contribution < -0.4 is 0 Å². The SMILES string of the molecule is CCOC(=O)c1cc(-c2cccnc2)cs1. The van der Waals surface area contributed by atoms with Gasteiger partial charge in [0.05, 0.1) is 6.61 Å². The molecule has 0 aliphatic heterocycles. The average molecular weight is 233 g/mol. The predicted octanol–water partition coefficient (Wildman–Crippen LogP) is 2.99. The Hall–Kier alpha value is -1.68. The number of carbonyl (C=O) groups excluding carboxylic acids is 1. The molecule has 0 N–H and O–H groups in total. The number of ether oxygens (including phenoxy) is 1. The lowest BCUT2D eigenvalue weighted by Crippen LogP contribution is -2.01. The maximum Gasteiger partial charge on any atom is 0.348 e. The monoisotopic (exact) mass is 233 g/mol. The molecule has 0 unspecified atom stereocenters. The lowest BCUT2D eigenvalue weighted by atomic mass is 10.1. The number of carbonyl (C=O) groups is 1. The number of hydrogen-bond acceptors (Lipinski definition) is 4. The van der Waals surface area contributed by atoms with Gasteiger partial charge in [0.25, 0.3) is 0 Å². The second kappa shape index (κ2) is 4.90. The van der Waals surface area contributed by atoms with Crippen LogP contribution in [0.25, 0.3) is 11.1 Å². The standard InChI is InChI=1S/C12H11NO2S/c1-2-15-12(14)11-6-10(8-16-11)9-4-3-5-13-7-9/h3-8H,2H2,1H3. The molecule has 0 fully saturated rings. The second-order valence-corrected chi connectivity index (χ2v) is 4.07. The minimum atomic E-state index is -0.261. The molecule has 0 bridgehead atoms. The fourth-order valence-corrected chi connectivity index (χ4v) is 2.14. The number of thiophene rings is 1. The molecule has 0 saturated carbocycles. The van der Waals surface area contributed by atoms with Gasteiger partial charge in [-0.05, 0) is 30.0 Å². The van der Waals surface area contributed by atoms with Gasteiger partial charge in [-0.1, -0.05) is 6.07 Å². The Morgan fingerprint density at radius 3 is 3.06 bits per heavy atom. The maximum atomic E-state index is 11.5. The summed E-state index contributed by atoms with van der Waals surface area (Å²) in [6.07, 6.45) is 3.50. The highest BCUT2D eigenvalue weighted by atomic mass is 32.1. The molecule has 0 aromatic carbocycles. The fourth-order valence-electron chi connectivity index (χ4n) is 1.33. The van der Waals surface area contributed by atoms with Crippen molar-refractivity contribution < 1.29 is 9.53 Å². The summed E-state index contributed by atoms with van der Waals surface area (Å²) in [4.78, 5) is 16.1. The number of hydrogen-bond donors (Lipinski definition) is 0. The molecule has 82 valence electrons. The predicted molar refractivity (Wildman–Crippen MR) is 63.5 cm³/mol. The second-order valence-electron chi connectivity index (χ2n) is 3.16. The van der Waals surface area contributed by atoms with Gasteiger partial charge in [-0.2, -0.15) is 0 Å². The van der Waals surface area contributed by atoms with Crippen LogP contribution in [0, 0.1) is 0 Å². The van der Waals surface area contributed by atoms with E-state index in [1.165, 1.54) is 11.3 Å². The Morgan fingerprint density at radius 1 is 1.50 bits per heavy atom. The van der Waals surface area contributed by atoms with E-state index in [0.29, 0.717) is 11.5 Å². The molecule has 2 aromatic heterocycles. The summed E-state index contributed by atoms with van der Waals surface area (Å²) in [5.74, 6) is -0.261. The van der Waals surface area contributed by atoms with E-state index in [9.17, 15) is 4.79 Å². The van der Waals surface area contributed by atoms with Gasteiger partial charge < -0.3 is 4.74 Å². The molecule has 0 aliphatic rings. The molecule has 0 amide bonds. The Balaban J connectivity index is 2.23. The van der Waals surface area contributed by atoms with Crippen molar-refractivity contribution in [1.82, 2.24) is 4.98 Å². The molecule has 2 heterocycles. The first-order valence-electron chi connectivity index (χ1n) is 4.97. The van der Waals surface area contributed by atoms with Crippen LogP contribution in [0.5, 0.6) is 0 Å². The lowest BCUT2D eigenvalue weighted by Gasteiger charge is -1.97. The van der Waals surface area contributed by atoms with E-state index >= 15 is 0 Å². The molecule has 3 nitrogen and oxygen atoms in total. The first-order chi connectivity index (χ1) is 7.81. The Labute approximate surface area is 97.7 Å². The van der Waals surface area contributed by atoms with Crippen molar-refractivity contribution >= 4 is 17.3 Å². The van der Waals surface area contributed by atoms with E-state index in [1.54, 1.807) is 19.3 Å². The van der Waals surface area contributed by atoms with Crippen LogP contribution in [-0.4, -0.2) is 17.6 Å². The van der Waals surface area contributed by atoms with E-state index in [0.717, 1.165) is 11.1 Å². The van der Waals surface area contributed by atoms with Crippen molar-refractivity contribution in [2.45, 2.75) is 6.92 Å². The number of pyridine rings is 1. The first kappa shape index (κ1) is 10.8. The van der Waals surface area contributed by atoms with Crippen LogP contribution in [-0.2, 0) is 4.74 Å². The molecule has 2 rings (SSSR count). The van der Waals surface area contributed by atoms with Gasteiger partial charge in [0.2, 0.25) is 0 Å². The van der Waals surface area contributed by atoms with Crippen LogP contribution in [0.1, 0.15) is 16.6 Å². The van der Waals surface area contributed by atoms with Crippen LogP contribution in [0.4, 0.5) is 0 Å². The van der Waals surface area contributed by atoms with Crippen LogP contribution >= 0.6 is 11.3 Å². The smallest absolute Gasteiger partial charge is 0.348 e. The van der Waals surface area contributed by atoms with Crippen LogP contribution in [0.2, 0.25) is 0 Å². The average Bonchev–Trinajstić information content (AvgIpc) is 2.80. The molecule has 0 aliphatic carbocycles. The summed E-state index contributed by atoms with van der Waals surface area (Å²) in [7, 11) is 0. The van der Waals surface area contributed by atoms with Crippen molar-refractivity contribution in [3.8, 4) is 11.1 Å². The molecular formula is C12H11NO2S. The summed E-state index contributed by atoms with van der Waals surface area (Å²) in [6, 6.07) is 5.67. The Bertz CT molecular complexity index is 479. The van der Waals surface area contributed by atoms with Crippen LogP contribution in [0.15, 0.2) is 36.0 Å².